The Morgan fingerprint density at radius 2 is 2.07 bits per heavy atom. The van der Waals surface area contributed by atoms with Crippen LogP contribution < -0.4 is 0 Å². The smallest absolute Gasteiger partial charge is 0.153 e. The number of alkyl halides is 1. The van der Waals surface area contributed by atoms with Gasteiger partial charge in [0.25, 0.3) is 0 Å². The molecule has 0 saturated heterocycles. The van der Waals surface area contributed by atoms with Gasteiger partial charge in [-0.15, -0.1) is 0 Å². The number of hydrogen-bond acceptors (Lipinski definition) is 1. The highest BCUT2D eigenvalue weighted by atomic mass is 79.9. The monoisotopic (exact) mass is 252 g/mol. The van der Waals surface area contributed by atoms with Gasteiger partial charge in [-0.05, 0) is 30.9 Å². The lowest BCUT2D eigenvalue weighted by molar-refractivity contribution is -0.119. The standard InChI is InChI=1S/C12H13BrO/c1-8-4-2-3-5-10(8)11(13)12(14)9-6-7-9/h2-5,9,11H,6-7H2,1H3. The second kappa shape index (κ2) is 3.85. The number of Topliss-reactive ketones (excluding diaryl/α,β-unsaturated/α-hetero) is 1. The summed E-state index contributed by atoms with van der Waals surface area (Å²) < 4.78 is 0. The van der Waals surface area contributed by atoms with E-state index in [-0.39, 0.29) is 4.83 Å². The highest BCUT2D eigenvalue weighted by molar-refractivity contribution is 9.09. The van der Waals surface area contributed by atoms with Crippen LogP contribution in [0.25, 0.3) is 0 Å². The molecule has 2 heteroatoms. The molecule has 1 aliphatic rings. The van der Waals surface area contributed by atoms with E-state index in [0.717, 1.165) is 18.4 Å². The van der Waals surface area contributed by atoms with E-state index in [1.807, 2.05) is 31.2 Å². The third-order valence-electron chi connectivity index (χ3n) is 2.69. The number of hydrogen-bond donors (Lipinski definition) is 0. The summed E-state index contributed by atoms with van der Waals surface area (Å²) in [5.41, 5.74) is 2.30. The molecule has 0 aromatic heterocycles. The highest BCUT2D eigenvalue weighted by Crippen LogP contribution is 2.38. The van der Waals surface area contributed by atoms with Crippen molar-refractivity contribution < 1.29 is 4.79 Å². The van der Waals surface area contributed by atoms with E-state index in [0.29, 0.717) is 11.7 Å². The van der Waals surface area contributed by atoms with Crippen LogP contribution in [0.15, 0.2) is 24.3 Å². The van der Waals surface area contributed by atoms with Gasteiger partial charge in [-0.2, -0.15) is 0 Å². The van der Waals surface area contributed by atoms with Crippen LogP contribution in [0.1, 0.15) is 28.8 Å². The average Bonchev–Trinajstić information content (AvgIpc) is 3.00. The van der Waals surface area contributed by atoms with Crippen LogP contribution in [-0.4, -0.2) is 5.78 Å². The minimum absolute atomic E-state index is 0.101. The minimum atomic E-state index is -0.101. The van der Waals surface area contributed by atoms with Gasteiger partial charge in [-0.1, -0.05) is 40.2 Å². The number of rotatable bonds is 3. The van der Waals surface area contributed by atoms with E-state index < -0.39 is 0 Å². The van der Waals surface area contributed by atoms with Gasteiger partial charge in [0.1, 0.15) is 0 Å². The molecule has 1 nitrogen and oxygen atoms in total. The maximum atomic E-state index is 11.8. The Morgan fingerprint density at radius 3 is 2.64 bits per heavy atom. The van der Waals surface area contributed by atoms with Gasteiger partial charge in [-0.3, -0.25) is 4.79 Å². The van der Waals surface area contributed by atoms with E-state index in [9.17, 15) is 4.79 Å². The van der Waals surface area contributed by atoms with Crippen LogP contribution in [0.3, 0.4) is 0 Å². The summed E-state index contributed by atoms with van der Waals surface area (Å²) in [7, 11) is 0. The summed E-state index contributed by atoms with van der Waals surface area (Å²) in [5.74, 6) is 0.665. The second-order valence-electron chi connectivity index (χ2n) is 3.90. The fourth-order valence-corrected chi connectivity index (χ4v) is 2.49. The molecule has 1 aromatic carbocycles. The predicted molar refractivity (Wildman–Crippen MR) is 60.6 cm³/mol. The summed E-state index contributed by atoms with van der Waals surface area (Å²) in [6, 6.07) is 8.05. The Hall–Kier alpha value is -0.630. The van der Waals surface area contributed by atoms with E-state index in [2.05, 4.69) is 15.9 Å². The summed E-state index contributed by atoms with van der Waals surface area (Å²) in [5, 5.41) is 0. The molecule has 0 spiro atoms. The molecule has 1 atom stereocenters. The van der Waals surface area contributed by atoms with Crippen LogP contribution in [0.4, 0.5) is 0 Å². The third-order valence-corrected chi connectivity index (χ3v) is 3.64. The van der Waals surface area contributed by atoms with Gasteiger partial charge in [-0.25, -0.2) is 0 Å². The van der Waals surface area contributed by atoms with Crippen molar-refractivity contribution >= 4 is 21.7 Å². The van der Waals surface area contributed by atoms with E-state index >= 15 is 0 Å². The van der Waals surface area contributed by atoms with Crippen molar-refractivity contribution in [3.05, 3.63) is 35.4 Å². The van der Waals surface area contributed by atoms with Crippen LogP contribution in [0.5, 0.6) is 0 Å². The number of carbonyl (C=O) groups is 1. The van der Waals surface area contributed by atoms with Gasteiger partial charge >= 0.3 is 0 Å². The Kier molecular flexibility index (Phi) is 2.73. The molecule has 0 N–H and O–H groups in total. The lowest BCUT2D eigenvalue weighted by atomic mass is 10.0. The summed E-state index contributed by atoms with van der Waals surface area (Å²) >= 11 is 3.49. The number of ketones is 1. The van der Waals surface area contributed by atoms with Gasteiger partial charge < -0.3 is 0 Å². The van der Waals surface area contributed by atoms with E-state index in [1.165, 1.54) is 5.56 Å². The fraction of sp³-hybridized carbons (Fsp3) is 0.417. The first-order chi connectivity index (χ1) is 6.70. The molecule has 14 heavy (non-hydrogen) atoms. The molecule has 0 aliphatic heterocycles. The van der Waals surface area contributed by atoms with Crippen LogP contribution in [-0.2, 0) is 4.79 Å². The molecule has 1 fully saturated rings. The zero-order chi connectivity index (χ0) is 10.1. The first-order valence-electron chi connectivity index (χ1n) is 4.93. The van der Waals surface area contributed by atoms with Crippen molar-refractivity contribution in [1.29, 1.82) is 0 Å². The first kappa shape index (κ1) is 9.91. The lowest BCUT2D eigenvalue weighted by Crippen LogP contribution is -2.09. The molecular weight excluding hydrogens is 240 g/mol. The van der Waals surface area contributed by atoms with Crippen molar-refractivity contribution in [2.24, 2.45) is 5.92 Å². The molecule has 0 bridgehead atoms. The van der Waals surface area contributed by atoms with Gasteiger partial charge in [0.2, 0.25) is 0 Å². The van der Waals surface area contributed by atoms with Gasteiger partial charge in [0, 0.05) is 5.92 Å². The van der Waals surface area contributed by atoms with Crippen molar-refractivity contribution in [3.63, 3.8) is 0 Å². The summed E-state index contributed by atoms with van der Waals surface area (Å²) in [6.45, 7) is 2.05. The van der Waals surface area contributed by atoms with Crippen LogP contribution >= 0.6 is 15.9 Å². The van der Waals surface area contributed by atoms with E-state index in [4.69, 9.17) is 0 Å². The maximum Gasteiger partial charge on any atom is 0.153 e. The number of carbonyl (C=O) groups excluding carboxylic acids is 1. The van der Waals surface area contributed by atoms with Gasteiger partial charge in [0.05, 0.1) is 4.83 Å². The lowest BCUT2D eigenvalue weighted by Gasteiger charge is -2.11. The first-order valence-corrected chi connectivity index (χ1v) is 5.85. The Bertz CT molecular complexity index is 355. The van der Waals surface area contributed by atoms with Crippen molar-refractivity contribution in [1.82, 2.24) is 0 Å². The van der Waals surface area contributed by atoms with E-state index in [1.54, 1.807) is 0 Å². The maximum absolute atomic E-state index is 11.8. The Labute approximate surface area is 92.6 Å². The molecule has 1 saturated carbocycles. The SMILES string of the molecule is Cc1ccccc1C(Br)C(=O)C1CC1. The quantitative estimate of drug-likeness (QED) is 0.754. The number of halogens is 1. The summed E-state index contributed by atoms with van der Waals surface area (Å²) in [6.07, 6.45) is 2.15. The molecule has 2 rings (SSSR count). The minimum Gasteiger partial charge on any atom is -0.298 e. The number of benzene rings is 1. The molecular formula is C12H13BrO. The molecule has 1 unspecified atom stereocenters. The largest absolute Gasteiger partial charge is 0.298 e. The normalized spacial score (nSPS) is 17.9. The average molecular weight is 253 g/mol. The van der Waals surface area contributed by atoms with Crippen LogP contribution in [0.2, 0.25) is 0 Å². The molecule has 1 aromatic rings. The van der Waals surface area contributed by atoms with Crippen molar-refractivity contribution in [2.45, 2.75) is 24.6 Å². The Morgan fingerprint density at radius 1 is 1.43 bits per heavy atom. The summed E-state index contributed by atoms with van der Waals surface area (Å²) in [4.78, 5) is 11.7. The molecule has 0 amide bonds. The topological polar surface area (TPSA) is 17.1 Å². The molecule has 0 heterocycles. The van der Waals surface area contributed by atoms with Gasteiger partial charge in [0.15, 0.2) is 5.78 Å². The third kappa shape index (κ3) is 1.90. The molecule has 0 radical (unpaired) electrons. The van der Waals surface area contributed by atoms with Crippen LogP contribution in [0, 0.1) is 12.8 Å². The predicted octanol–water partition coefficient (Wildman–Crippen LogP) is 3.41. The molecule has 74 valence electrons. The fourth-order valence-electron chi connectivity index (χ4n) is 1.60. The van der Waals surface area contributed by atoms with Crippen molar-refractivity contribution in [3.8, 4) is 0 Å². The zero-order valence-electron chi connectivity index (χ0n) is 8.16. The Balaban J connectivity index is 2.21. The molecule has 1 aliphatic carbocycles. The number of aryl methyl sites for hydroxylation is 1. The zero-order valence-corrected chi connectivity index (χ0v) is 9.75. The second-order valence-corrected chi connectivity index (χ2v) is 4.81. The van der Waals surface area contributed by atoms with Crippen molar-refractivity contribution in [2.75, 3.05) is 0 Å². The highest BCUT2D eigenvalue weighted by Gasteiger charge is 2.34.